The Hall–Kier alpha value is -2.17. The molecule has 1 N–H and O–H groups in total. The molecule has 1 fully saturated rings. The number of hydrogen-bond donors (Lipinski definition) is 1. The lowest BCUT2D eigenvalue weighted by molar-refractivity contribution is -0.264. The monoisotopic (exact) mass is 526 g/mol. The van der Waals surface area contributed by atoms with Crippen molar-refractivity contribution < 1.29 is 35.9 Å². The van der Waals surface area contributed by atoms with Gasteiger partial charge in [0.2, 0.25) is 11.5 Å². The predicted octanol–water partition coefficient (Wildman–Crippen LogP) is 6.30. The average molecular weight is 527 g/mol. The second-order valence-corrected chi connectivity index (χ2v) is 9.16. The first kappa shape index (κ1) is 24.9. The van der Waals surface area contributed by atoms with Gasteiger partial charge in [0.05, 0.1) is 12.6 Å². The van der Waals surface area contributed by atoms with Crippen LogP contribution >= 0.6 is 23.2 Å². The number of nitrogens with zero attached hydrogens (tertiary/aromatic N) is 1. The van der Waals surface area contributed by atoms with Crippen LogP contribution in [-0.2, 0) is 21.6 Å². The number of aryl methyl sites for hydroxylation is 1. The van der Waals surface area contributed by atoms with Crippen molar-refractivity contribution in [3.05, 3.63) is 63.1 Å². The molecule has 2 aliphatic rings. The van der Waals surface area contributed by atoms with Crippen molar-refractivity contribution in [2.45, 2.75) is 43.3 Å². The Kier molecular flexibility index (Phi) is 6.46. The van der Waals surface area contributed by atoms with E-state index in [1.807, 2.05) is 0 Å². The third-order valence-electron chi connectivity index (χ3n) is 5.93. The van der Waals surface area contributed by atoms with Crippen molar-refractivity contribution in [1.82, 2.24) is 5.32 Å². The van der Waals surface area contributed by atoms with Crippen LogP contribution in [0, 0.1) is 0 Å². The van der Waals surface area contributed by atoms with Gasteiger partial charge in [-0.2, -0.15) is 26.3 Å². The molecule has 0 bridgehead atoms. The van der Waals surface area contributed by atoms with Gasteiger partial charge < -0.3 is 15.0 Å². The largest absolute Gasteiger partial charge is 0.423 e. The second-order valence-electron chi connectivity index (χ2n) is 8.29. The summed E-state index contributed by atoms with van der Waals surface area (Å²) >= 11 is 11.9. The summed E-state index contributed by atoms with van der Waals surface area (Å²) in [7, 11) is 0. The Morgan fingerprint density at radius 1 is 1.09 bits per heavy atom. The van der Waals surface area contributed by atoms with E-state index >= 15 is 0 Å². The van der Waals surface area contributed by atoms with E-state index in [0.29, 0.717) is 24.1 Å². The van der Waals surface area contributed by atoms with Gasteiger partial charge in [0.1, 0.15) is 13.2 Å². The van der Waals surface area contributed by atoms with E-state index in [0.717, 1.165) is 5.56 Å². The van der Waals surface area contributed by atoms with Crippen molar-refractivity contribution in [1.29, 1.82) is 0 Å². The second kappa shape index (κ2) is 8.80. The fourth-order valence-corrected chi connectivity index (χ4v) is 4.91. The molecule has 4 nitrogen and oxygen atoms in total. The topological polar surface area (TPSA) is 41.6 Å². The number of anilines is 1. The molecule has 1 saturated heterocycles. The van der Waals surface area contributed by atoms with Crippen LogP contribution in [0.1, 0.15) is 35.6 Å². The molecular weight excluding hydrogens is 509 g/mol. The molecule has 0 aromatic heterocycles. The summed E-state index contributed by atoms with van der Waals surface area (Å²) in [5.41, 5.74) is -1.02. The quantitative estimate of drug-likeness (QED) is 0.475. The average Bonchev–Trinajstić information content (AvgIpc) is 3.31. The molecule has 2 aromatic carbocycles. The summed E-state index contributed by atoms with van der Waals surface area (Å²) in [5.74, 6) is -1.13. The Morgan fingerprint density at radius 3 is 2.38 bits per heavy atom. The van der Waals surface area contributed by atoms with Gasteiger partial charge in [-0.3, -0.25) is 4.79 Å². The van der Waals surface area contributed by atoms with Crippen molar-refractivity contribution in [2.75, 3.05) is 18.2 Å². The minimum Gasteiger partial charge on any atom is -0.349 e. The fourth-order valence-electron chi connectivity index (χ4n) is 4.39. The summed E-state index contributed by atoms with van der Waals surface area (Å²) < 4.78 is 85.3. The number of benzene rings is 2. The Balaban J connectivity index is 1.56. The van der Waals surface area contributed by atoms with Crippen molar-refractivity contribution >= 4 is 34.8 Å². The van der Waals surface area contributed by atoms with Gasteiger partial charge in [0.15, 0.2) is 0 Å². The number of nitrogens with one attached hydrogen (secondary N) is 1. The number of rotatable bonds is 4. The zero-order valence-corrected chi connectivity index (χ0v) is 18.9. The van der Waals surface area contributed by atoms with Crippen LogP contribution in [0.25, 0.3) is 0 Å². The van der Waals surface area contributed by atoms with Gasteiger partial charge >= 0.3 is 12.4 Å². The van der Waals surface area contributed by atoms with Crippen LogP contribution in [0.2, 0.25) is 10.0 Å². The molecule has 0 saturated carbocycles. The van der Waals surface area contributed by atoms with E-state index in [9.17, 15) is 31.1 Å². The molecule has 2 unspecified atom stereocenters. The van der Waals surface area contributed by atoms with Crippen LogP contribution in [0.15, 0.2) is 36.4 Å². The molecule has 184 valence electrons. The van der Waals surface area contributed by atoms with Gasteiger partial charge in [0.25, 0.3) is 0 Å². The highest BCUT2D eigenvalue weighted by Crippen LogP contribution is 2.48. The maximum Gasteiger partial charge on any atom is 0.423 e. The number of halogens is 8. The van der Waals surface area contributed by atoms with Crippen LogP contribution in [-0.4, -0.2) is 31.5 Å². The SMILES string of the molecule is O=C(CC(F)(F)F)NC1CCc2cc(N3COC(c4cc(Cl)cc(Cl)c4)(C(F)(F)F)C3)ccc21. The normalized spacial score (nSPS) is 22.7. The van der Waals surface area contributed by atoms with E-state index in [4.69, 9.17) is 27.9 Å². The molecule has 1 aliphatic heterocycles. The fraction of sp³-hybridized carbons (Fsp3) is 0.409. The Morgan fingerprint density at radius 2 is 1.76 bits per heavy atom. The molecule has 0 spiro atoms. The zero-order chi connectivity index (χ0) is 24.9. The van der Waals surface area contributed by atoms with Crippen molar-refractivity contribution in [3.63, 3.8) is 0 Å². The Bertz CT molecular complexity index is 1090. The molecule has 1 amide bonds. The summed E-state index contributed by atoms with van der Waals surface area (Å²) in [4.78, 5) is 13.1. The third-order valence-corrected chi connectivity index (χ3v) is 6.37. The zero-order valence-electron chi connectivity index (χ0n) is 17.4. The minimum atomic E-state index is -4.76. The first-order valence-electron chi connectivity index (χ1n) is 10.2. The number of hydrogen-bond acceptors (Lipinski definition) is 3. The van der Waals surface area contributed by atoms with Crippen molar-refractivity contribution in [2.24, 2.45) is 0 Å². The number of alkyl halides is 6. The summed E-state index contributed by atoms with van der Waals surface area (Å²) in [6.45, 7) is -0.897. The van der Waals surface area contributed by atoms with Crippen molar-refractivity contribution in [3.8, 4) is 0 Å². The molecule has 34 heavy (non-hydrogen) atoms. The molecule has 12 heteroatoms. The highest BCUT2D eigenvalue weighted by Gasteiger charge is 2.61. The number of carbonyl (C=O) groups is 1. The predicted molar refractivity (Wildman–Crippen MR) is 114 cm³/mol. The maximum absolute atomic E-state index is 14.2. The number of carbonyl (C=O) groups excluding carboxylic acids is 1. The molecule has 2 atom stereocenters. The molecule has 1 heterocycles. The highest BCUT2D eigenvalue weighted by atomic mass is 35.5. The molecule has 1 aliphatic carbocycles. The van der Waals surface area contributed by atoms with Crippen LogP contribution in [0.5, 0.6) is 0 Å². The van der Waals surface area contributed by atoms with Gasteiger partial charge in [0, 0.05) is 15.7 Å². The first-order chi connectivity index (χ1) is 15.8. The number of fused-ring (bicyclic) bond motifs is 1. The van der Waals surface area contributed by atoms with Gasteiger partial charge in [-0.25, -0.2) is 0 Å². The molecule has 4 rings (SSSR count). The van der Waals surface area contributed by atoms with Crippen LogP contribution < -0.4 is 10.2 Å². The molecule has 2 aromatic rings. The number of ether oxygens (including phenoxy) is 1. The maximum atomic E-state index is 14.2. The van der Waals surface area contributed by atoms with E-state index in [-0.39, 0.29) is 22.3 Å². The lowest BCUT2D eigenvalue weighted by Crippen LogP contribution is -2.46. The minimum absolute atomic E-state index is 0.0457. The smallest absolute Gasteiger partial charge is 0.349 e. The first-order valence-corrected chi connectivity index (χ1v) is 10.9. The van der Waals surface area contributed by atoms with Crippen LogP contribution in [0.4, 0.5) is 32.0 Å². The summed E-state index contributed by atoms with van der Waals surface area (Å²) in [5, 5.41) is 2.47. The summed E-state index contributed by atoms with van der Waals surface area (Å²) in [6, 6.07) is 7.92. The lowest BCUT2D eigenvalue weighted by Gasteiger charge is -2.31. The van der Waals surface area contributed by atoms with E-state index in [1.54, 1.807) is 18.2 Å². The third kappa shape index (κ3) is 4.94. The van der Waals surface area contributed by atoms with Gasteiger partial charge in [-0.1, -0.05) is 29.3 Å². The highest BCUT2D eigenvalue weighted by molar-refractivity contribution is 6.34. The van der Waals surface area contributed by atoms with E-state index < -0.39 is 42.9 Å². The Labute approximate surface area is 200 Å². The standard InChI is InChI=1S/C22H18Cl2F6N2O2/c23-14-6-13(7-15(24)8-14)20(22(28,29)30)10-32(11-34-20)16-2-3-17-12(5-16)1-4-18(17)31-19(33)9-21(25,26)27/h2-3,5-8,18H,1,4,9-11H2,(H,31,33). The van der Waals surface area contributed by atoms with Gasteiger partial charge in [-0.05, 0) is 59.9 Å². The molecular formula is C22H18Cl2F6N2O2. The van der Waals surface area contributed by atoms with Crippen LogP contribution in [0.3, 0.4) is 0 Å². The molecule has 0 radical (unpaired) electrons. The van der Waals surface area contributed by atoms with E-state index in [2.05, 4.69) is 5.32 Å². The number of amides is 1. The summed E-state index contributed by atoms with van der Waals surface area (Å²) in [6.07, 6.45) is -10.1. The lowest BCUT2D eigenvalue weighted by atomic mass is 9.92. The van der Waals surface area contributed by atoms with E-state index in [1.165, 1.54) is 23.1 Å². The van der Waals surface area contributed by atoms with Gasteiger partial charge in [-0.15, -0.1) is 0 Å².